The summed E-state index contributed by atoms with van der Waals surface area (Å²) in [4.78, 5) is 11.9. The maximum absolute atomic E-state index is 11.9. The van der Waals surface area contributed by atoms with Crippen LogP contribution in [0.15, 0.2) is 6.20 Å². The van der Waals surface area contributed by atoms with Gasteiger partial charge in [0.1, 0.15) is 0 Å². The summed E-state index contributed by atoms with van der Waals surface area (Å²) < 4.78 is 1.65. The molecule has 0 atom stereocenters. The summed E-state index contributed by atoms with van der Waals surface area (Å²) in [7, 11) is 1.81. The molecule has 1 saturated carbocycles. The van der Waals surface area contributed by atoms with Gasteiger partial charge in [-0.05, 0) is 19.8 Å². The third kappa shape index (κ3) is 1.87. The Morgan fingerprint density at radius 3 is 2.80 bits per heavy atom. The predicted molar refractivity (Wildman–Crippen MR) is 56.4 cm³/mol. The molecular formula is C10H16N4O. The van der Waals surface area contributed by atoms with Crippen LogP contribution in [0.4, 0.5) is 0 Å². The number of nitrogens with two attached hydrogens (primary N) is 1. The van der Waals surface area contributed by atoms with Crippen molar-refractivity contribution >= 4 is 5.91 Å². The van der Waals surface area contributed by atoms with E-state index in [2.05, 4.69) is 10.4 Å². The maximum atomic E-state index is 11.9. The Hall–Kier alpha value is -1.36. The fourth-order valence-corrected chi connectivity index (χ4v) is 1.66. The van der Waals surface area contributed by atoms with Gasteiger partial charge in [0.15, 0.2) is 0 Å². The Morgan fingerprint density at radius 2 is 2.40 bits per heavy atom. The minimum absolute atomic E-state index is 0.0662. The van der Waals surface area contributed by atoms with Crippen LogP contribution < -0.4 is 11.1 Å². The van der Waals surface area contributed by atoms with Gasteiger partial charge in [-0.3, -0.25) is 9.48 Å². The van der Waals surface area contributed by atoms with Gasteiger partial charge in [0, 0.05) is 19.8 Å². The second kappa shape index (κ2) is 3.34. The standard InChI is InChI=1S/C10H16N4O/c1-7-8(5-14(2)13-7)9(15)12-10(6-11)3-4-10/h5H,3-4,6,11H2,1-2H3,(H,12,15). The number of nitrogens with one attached hydrogen (secondary N) is 1. The number of nitrogens with zero attached hydrogens (tertiary/aromatic N) is 2. The number of amides is 1. The predicted octanol–water partition coefficient (Wildman–Crippen LogP) is -0.0504. The van der Waals surface area contributed by atoms with E-state index in [0.29, 0.717) is 12.1 Å². The van der Waals surface area contributed by atoms with Crippen molar-refractivity contribution in [2.75, 3.05) is 6.54 Å². The van der Waals surface area contributed by atoms with Gasteiger partial charge >= 0.3 is 0 Å². The lowest BCUT2D eigenvalue weighted by atomic mass is 10.2. The molecule has 0 radical (unpaired) electrons. The second-order valence-corrected chi connectivity index (χ2v) is 4.24. The van der Waals surface area contributed by atoms with Crippen molar-refractivity contribution in [3.05, 3.63) is 17.5 Å². The molecule has 1 aliphatic rings. The highest BCUT2D eigenvalue weighted by Gasteiger charge is 2.42. The quantitative estimate of drug-likeness (QED) is 0.731. The van der Waals surface area contributed by atoms with Crippen molar-refractivity contribution in [1.29, 1.82) is 0 Å². The van der Waals surface area contributed by atoms with E-state index in [0.717, 1.165) is 18.5 Å². The van der Waals surface area contributed by atoms with Crippen LogP contribution in [-0.2, 0) is 7.05 Å². The zero-order valence-electron chi connectivity index (χ0n) is 9.08. The lowest BCUT2D eigenvalue weighted by Gasteiger charge is -2.14. The summed E-state index contributed by atoms with van der Waals surface area (Å²) in [5, 5.41) is 7.10. The molecule has 1 heterocycles. The van der Waals surface area contributed by atoms with Gasteiger partial charge in [-0.25, -0.2) is 0 Å². The van der Waals surface area contributed by atoms with Crippen LogP contribution in [0.25, 0.3) is 0 Å². The number of aromatic nitrogens is 2. The molecule has 0 spiro atoms. The molecule has 1 amide bonds. The smallest absolute Gasteiger partial charge is 0.255 e. The summed E-state index contributed by atoms with van der Waals surface area (Å²) in [5.41, 5.74) is 6.85. The van der Waals surface area contributed by atoms with Crippen LogP contribution in [0, 0.1) is 6.92 Å². The molecule has 15 heavy (non-hydrogen) atoms. The normalized spacial score (nSPS) is 17.5. The van der Waals surface area contributed by atoms with Crippen LogP contribution in [0.1, 0.15) is 28.9 Å². The van der Waals surface area contributed by atoms with Gasteiger partial charge < -0.3 is 11.1 Å². The van der Waals surface area contributed by atoms with Crippen LogP contribution in [-0.4, -0.2) is 27.8 Å². The lowest BCUT2D eigenvalue weighted by molar-refractivity contribution is 0.0932. The molecule has 1 aromatic rings. The molecule has 82 valence electrons. The van der Waals surface area contributed by atoms with E-state index in [4.69, 9.17) is 5.73 Å². The summed E-state index contributed by atoms with van der Waals surface area (Å²) in [6.07, 6.45) is 3.69. The highest BCUT2D eigenvalue weighted by molar-refractivity contribution is 5.95. The number of carbonyl (C=O) groups excluding carboxylic acids is 1. The molecule has 0 aliphatic heterocycles. The Balaban J connectivity index is 2.11. The molecule has 5 heteroatoms. The zero-order chi connectivity index (χ0) is 11.1. The van der Waals surface area contributed by atoms with Gasteiger partial charge in [0.05, 0.1) is 16.8 Å². The Bertz CT molecular complexity index is 392. The first kappa shape index (κ1) is 10.2. The fraction of sp³-hybridized carbons (Fsp3) is 0.600. The Morgan fingerprint density at radius 1 is 1.73 bits per heavy atom. The fourth-order valence-electron chi connectivity index (χ4n) is 1.66. The molecule has 1 fully saturated rings. The van der Waals surface area contributed by atoms with Gasteiger partial charge in [-0.2, -0.15) is 5.10 Å². The number of hydrogen-bond donors (Lipinski definition) is 2. The third-order valence-electron chi connectivity index (χ3n) is 2.88. The van der Waals surface area contributed by atoms with E-state index < -0.39 is 0 Å². The van der Waals surface area contributed by atoms with Crippen LogP contribution in [0.2, 0.25) is 0 Å². The zero-order valence-corrected chi connectivity index (χ0v) is 9.08. The van der Waals surface area contributed by atoms with Crippen LogP contribution >= 0.6 is 0 Å². The molecule has 1 aromatic heterocycles. The minimum atomic E-state index is -0.140. The number of aryl methyl sites for hydroxylation is 2. The SMILES string of the molecule is Cc1nn(C)cc1C(=O)NC1(CN)CC1. The van der Waals surface area contributed by atoms with Gasteiger partial charge in [-0.1, -0.05) is 0 Å². The molecule has 1 aliphatic carbocycles. The molecule has 5 nitrogen and oxygen atoms in total. The number of hydrogen-bond acceptors (Lipinski definition) is 3. The van der Waals surface area contributed by atoms with Crippen molar-refractivity contribution in [3.63, 3.8) is 0 Å². The van der Waals surface area contributed by atoms with Gasteiger partial charge in [0.2, 0.25) is 0 Å². The second-order valence-electron chi connectivity index (χ2n) is 4.24. The Kier molecular flexibility index (Phi) is 2.26. The highest BCUT2D eigenvalue weighted by Crippen LogP contribution is 2.34. The van der Waals surface area contributed by atoms with Crippen molar-refractivity contribution in [2.45, 2.75) is 25.3 Å². The summed E-state index contributed by atoms with van der Waals surface area (Å²) in [6.45, 7) is 2.34. The molecule has 0 saturated heterocycles. The van der Waals surface area contributed by atoms with E-state index in [9.17, 15) is 4.79 Å². The minimum Gasteiger partial charge on any atom is -0.345 e. The average Bonchev–Trinajstić information content (AvgIpc) is 2.86. The number of carbonyl (C=O) groups is 1. The van der Waals surface area contributed by atoms with Gasteiger partial charge in [-0.15, -0.1) is 0 Å². The van der Waals surface area contributed by atoms with E-state index in [1.54, 1.807) is 17.9 Å². The van der Waals surface area contributed by atoms with Crippen molar-refractivity contribution in [1.82, 2.24) is 15.1 Å². The monoisotopic (exact) mass is 208 g/mol. The first-order chi connectivity index (χ1) is 7.06. The first-order valence-corrected chi connectivity index (χ1v) is 5.09. The van der Waals surface area contributed by atoms with E-state index >= 15 is 0 Å². The number of rotatable bonds is 3. The summed E-state index contributed by atoms with van der Waals surface area (Å²) in [5.74, 6) is -0.0662. The summed E-state index contributed by atoms with van der Waals surface area (Å²) >= 11 is 0. The highest BCUT2D eigenvalue weighted by atomic mass is 16.1. The lowest BCUT2D eigenvalue weighted by Crippen LogP contribution is -2.42. The van der Waals surface area contributed by atoms with E-state index in [-0.39, 0.29) is 11.4 Å². The third-order valence-corrected chi connectivity index (χ3v) is 2.88. The topological polar surface area (TPSA) is 72.9 Å². The van der Waals surface area contributed by atoms with Crippen molar-refractivity contribution in [2.24, 2.45) is 12.8 Å². The largest absolute Gasteiger partial charge is 0.345 e. The molecule has 2 rings (SSSR count). The van der Waals surface area contributed by atoms with Gasteiger partial charge in [0.25, 0.3) is 5.91 Å². The summed E-state index contributed by atoms with van der Waals surface area (Å²) in [6, 6.07) is 0. The van der Waals surface area contributed by atoms with Crippen LogP contribution in [0.5, 0.6) is 0 Å². The first-order valence-electron chi connectivity index (χ1n) is 5.09. The average molecular weight is 208 g/mol. The van der Waals surface area contributed by atoms with Crippen molar-refractivity contribution < 1.29 is 4.79 Å². The Labute approximate surface area is 88.6 Å². The van der Waals surface area contributed by atoms with Crippen molar-refractivity contribution in [3.8, 4) is 0 Å². The molecular weight excluding hydrogens is 192 g/mol. The molecule has 0 unspecified atom stereocenters. The molecule has 0 aromatic carbocycles. The molecule has 3 N–H and O–H groups in total. The maximum Gasteiger partial charge on any atom is 0.255 e. The molecule has 0 bridgehead atoms. The van der Waals surface area contributed by atoms with Crippen LogP contribution in [0.3, 0.4) is 0 Å². The van der Waals surface area contributed by atoms with E-state index in [1.807, 2.05) is 6.92 Å². The van der Waals surface area contributed by atoms with E-state index in [1.165, 1.54) is 0 Å².